The van der Waals surface area contributed by atoms with E-state index >= 15 is 0 Å². The van der Waals surface area contributed by atoms with Gasteiger partial charge >= 0.3 is 5.97 Å². The van der Waals surface area contributed by atoms with Gasteiger partial charge in [0.25, 0.3) is 0 Å². The predicted octanol–water partition coefficient (Wildman–Crippen LogP) is 2.88. The number of aromatic nitrogens is 1. The highest BCUT2D eigenvalue weighted by molar-refractivity contribution is 7.96. The molecule has 1 atom stereocenters. The molecule has 0 aliphatic heterocycles. The van der Waals surface area contributed by atoms with Crippen LogP contribution < -0.4 is 0 Å². The van der Waals surface area contributed by atoms with Gasteiger partial charge in [-0.2, -0.15) is 0 Å². The highest BCUT2D eigenvalue weighted by Crippen LogP contribution is 2.38. The van der Waals surface area contributed by atoms with Crippen LogP contribution in [-0.2, 0) is 15.0 Å². The minimum atomic E-state index is -1.14. The molecule has 0 saturated heterocycles. The number of thiazole rings is 1. The number of para-hydroxylation sites is 1. The zero-order valence-electron chi connectivity index (χ0n) is 10.3. The number of benzene rings is 1. The van der Waals surface area contributed by atoms with Crippen molar-refractivity contribution in [2.45, 2.75) is 25.2 Å². The maximum Gasteiger partial charge on any atom is 0.304 e. The average molecular weight is 295 g/mol. The van der Waals surface area contributed by atoms with Crippen LogP contribution >= 0.6 is 24.0 Å². The Kier molecular flexibility index (Phi) is 3.91. The summed E-state index contributed by atoms with van der Waals surface area (Å²) in [6.07, 6.45) is 0.0765. The highest BCUT2D eigenvalue weighted by Gasteiger charge is 2.41. The molecule has 4 nitrogen and oxygen atoms in total. The van der Waals surface area contributed by atoms with E-state index in [-0.39, 0.29) is 6.42 Å². The number of hydrogen-bond acceptors (Lipinski definition) is 4. The van der Waals surface area contributed by atoms with Crippen molar-refractivity contribution in [2.75, 3.05) is 0 Å². The van der Waals surface area contributed by atoms with Gasteiger partial charge in [0.05, 0.1) is 16.6 Å². The van der Waals surface area contributed by atoms with Gasteiger partial charge < -0.3 is 5.11 Å². The summed E-state index contributed by atoms with van der Waals surface area (Å²) >= 11 is 5.25. The number of aliphatic carboxylic acids is 1. The second-order valence-corrected chi connectivity index (χ2v) is 5.73. The number of carboxylic acid groups (broad SMARTS) is 1. The Bertz CT molecular complexity index is 605. The molecule has 1 heterocycles. The smallest absolute Gasteiger partial charge is 0.304 e. The minimum Gasteiger partial charge on any atom is -0.481 e. The molecular formula is C13H13NO3S2. The normalized spacial score (nSPS) is 14.2. The Morgan fingerprint density at radius 1 is 1.42 bits per heavy atom. The van der Waals surface area contributed by atoms with E-state index in [1.807, 2.05) is 24.3 Å². The van der Waals surface area contributed by atoms with Crippen LogP contribution in [0.25, 0.3) is 10.2 Å². The predicted molar refractivity (Wildman–Crippen MR) is 77.8 cm³/mol. The molecule has 0 radical (unpaired) electrons. The average Bonchev–Trinajstić information content (AvgIpc) is 2.79. The van der Waals surface area contributed by atoms with Crippen LogP contribution in [-0.4, -0.2) is 21.2 Å². The Labute approximate surface area is 119 Å². The lowest BCUT2D eigenvalue weighted by Crippen LogP contribution is -2.34. The second kappa shape index (κ2) is 5.30. The molecule has 0 amide bonds. The van der Waals surface area contributed by atoms with E-state index in [0.29, 0.717) is 11.4 Å². The number of nitrogens with zero attached hydrogens (tertiary/aromatic N) is 1. The van der Waals surface area contributed by atoms with Crippen LogP contribution in [0.2, 0.25) is 0 Å². The summed E-state index contributed by atoms with van der Waals surface area (Å²) in [5.74, 6) is -1.02. The molecule has 6 heteroatoms. The van der Waals surface area contributed by atoms with Crippen molar-refractivity contribution in [2.24, 2.45) is 0 Å². The third-order valence-electron chi connectivity index (χ3n) is 3.17. The minimum absolute atomic E-state index is 0.286. The number of thiol groups is 1. The number of rotatable bonds is 5. The van der Waals surface area contributed by atoms with Crippen LogP contribution in [0, 0.1) is 0 Å². The molecule has 1 N–H and O–H groups in total. The van der Waals surface area contributed by atoms with Crippen LogP contribution in [0.1, 0.15) is 24.8 Å². The Morgan fingerprint density at radius 2 is 2.11 bits per heavy atom. The summed E-state index contributed by atoms with van der Waals surface area (Å²) in [5, 5.41) is 9.13. The van der Waals surface area contributed by atoms with Crippen LogP contribution in [0.5, 0.6) is 0 Å². The van der Waals surface area contributed by atoms with E-state index in [1.165, 1.54) is 11.3 Å². The lowest BCUT2D eigenvalue weighted by atomic mass is 9.83. The summed E-state index contributed by atoms with van der Waals surface area (Å²) in [7, 11) is 0. The standard InChI is InChI=1S/C13H13NO3S2/c1-2-13(12(17)18,7-10(15)16)11-14-8-5-3-4-6-9(8)19-11/h3-6H,2,7H2,1H3,(H,15,16)(H,17,18). The molecule has 0 saturated carbocycles. The van der Waals surface area contributed by atoms with Gasteiger partial charge in [0.15, 0.2) is 5.12 Å². The molecule has 1 aromatic carbocycles. The van der Waals surface area contributed by atoms with Crippen molar-refractivity contribution in [3.05, 3.63) is 29.3 Å². The monoisotopic (exact) mass is 295 g/mol. The van der Waals surface area contributed by atoms with Crippen molar-refractivity contribution in [1.82, 2.24) is 4.98 Å². The van der Waals surface area contributed by atoms with Gasteiger partial charge in [-0.05, 0) is 18.6 Å². The molecule has 0 aliphatic carbocycles. The fourth-order valence-electron chi connectivity index (χ4n) is 2.01. The number of carbonyl (C=O) groups excluding carboxylic acids is 1. The molecule has 0 aliphatic rings. The number of carbonyl (C=O) groups is 2. The molecule has 0 bridgehead atoms. The molecule has 19 heavy (non-hydrogen) atoms. The zero-order valence-corrected chi connectivity index (χ0v) is 12.0. The van der Waals surface area contributed by atoms with Crippen molar-refractivity contribution in [3.8, 4) is 0 Å². The lowest BCUT2D eigenvalue weighted by molar-refractivity contribution is -0.140. The maximum absolute atomic E-state index is 11.9. The van der Waals surface area contributed by atoms with Crippen LogP contribution in [0.3, 0.4) is 0 Å². The first-order valence-corrected chi connectivity index (χ1v) is 7.07. The lowest BCUT2D eigenvalue weighted by Gasteiger charge is -2.24. The summed E-state index contributed by atoms with van der Waals surface area (Å²) in [6.45, 7) is 1.78. The molecular weight excluding hydrogens is 282 g/mol. The maximum atomic E-state index is 11.9. The first-order valence-electron chi connectivity index (χ1n) is 5.81. The topological polar surface area (TPSA) is 67.3 Å². The van der Waals surface area contributed by atoms with Crippen LogP contribution in [0.4, 0.5) is 0 Å². The number of carboxylic acids is 1. The number of hydrogen-bond donors (Lipinski definition) is 2. The van der Waals surface area contributed by atoms with Crippen molar-refractivity contribution >= 4 is 45.3 Å². The van der Waals surface area contributed by atoms with E-state index in [4.69, 9.17) is 5.11 Å². The van der Waals surface area contributed by atoms with E-state index in [9.17, 15) is 9.59 Å². The molecule has 100 valence electrons. The molecule has 0 spiro atoms. The van der Waals surface area contributed by atoms with Crippen molar-refractivity contribution in [1.29, 1.82) is 0 Å². The Balaban J connectivity index is 2.59. The van der Waals surface area contributed by atoms with Gasteiger partial charge in [0, 0.05) is 0 Å². The van der Waals surface area contributed by atoms with Gasteiger partial charge in [-0.3, -0.25) is 9.59 Å². The van der Waals surface area contributed by atoms with E-state index < -0.39 is 16.5 Å². The van der Waals surface area contributed by atoms with Crippen LogP contribution in [0.15, 0.2) is 24.3 Å². The summed E-state index contributed by atoms with van der Waals surface area (Å²) in [6, 6.07) is 7.50. The molecule has 1 aromatic heterocycles. The largest absolute Gasteiger partial charge is 0.481 e. The molecule has 1 unspecified atom stereocenters. The van der Waals surface area contributed by atoms with Crippen molar-refractivity contribution < 1.29 is 14.7 Å². The summed E-state index contributed by atoms with van der Waals surface area (Å²) < 4.78 is 0.940. The summed E-state index contributed by atoms with van der Waals surface area (Å²) in [4.78, 5) is 27.4. The second-order valence-electron chi connectivity index (χ2n) is 4.30. The first kappa shape index (κ1) is 14.0. The van der Waals surface area contributed by atoms with E-state index in [0.717, 1.165) is 10.2 Å². The van der Waals surface area contributed by atoms with Gasteiger partial charge in [0.1, 0.15) is 10.4 Å². The summed E-state index contributed by atoms with van der Waals surface area (Å²) in [5.41, 5.74) is -0.362. The van der Waals surface area contributed by atoms with Gasteiger partial charge in [-0.1, -0.05) is 19.1 Å². The molecule has 0 fully saturated rings. The molecule has 2 rings (SSSR count). The third kappa shape index (κ3) is 2.50. The number of fused-ring (bicyclic) bond motifs is 1. The first-order chi connectivity index (χ1) is 8.99. The van der Waals surface area contributed by atoms with Gasteiger partial charge in [0.2, 0.25) is 0 Å². The van der Waals surface area contributed by atoms with Crippen molar-refractivity contribution in [3.63, 3.8) is 0 Å². The molecule has 2 aromatic rings. The van der Waals surface area contributed by atoms with Gasteiger partial charge in [-0.15, -0.1) is 24.0 Å². The Hall–Kier alpha value is -1.40. The van der Waals surface area contributed by atoms with E-state index in [2.05, 4.69) is 17.6 Å². The highest BCUT2D eigenvalue weighted by atomic mass is 32.1. The van der Waals surface area contributed by atoms with Gasteiger partial charge in [-0.25, -0.2) is 4.98 Å². The van der Waals surface area contributed by atoms with E-state index in [1.54, 1.807) is 6.92 Å². The fraction of sp³-hybridized carbons (Fsp3) is 0.308. The SMILES string of the molecule is CCC(CC(=O)O)(C(=O)S)c1nc2ccccc2s1. The Morgan fingerprint density at radius 3 is 2.63 bits per heavy atom. The third-order valence-corrected chi connectivity index (χ3v) is 4.84. The zero-order chi connectivity index (χ0) is 14.0. The fourth-order valence-corrected chi connectivity index (χ4v) is 3.65. The quantitative estimate of drug-likeness (QED) is 0.832.